The van der Waals surface area contributed by atoms with Crippen LogP contribution in [0.3, 0.4) is 0 Å². The highest BCUT2D eigenvalue weighted by molar-refractivity contribution is 9.10. The van der Waals surface area contributed by atoms with Crippen molar-refractivity contribution in [1.29, 1.82) is 0 Å². The van der Waals surface area contributed by atoms with Crippen LogP contribution in [0.25, 0.3) is 0 Å². The molecule has 1 unspecified atom stereocenters. The number of anilines is 1. The lowest BCUT2D eigenvalue weighted by Crippen LogP contribution is -2.10. The van der Waals surface area contributed by atoms with E-state index in [1.54, 1.807) is 6.07 Å². The number of aliphatic hydroxyl groups is 1. The average Bonchev–Trinajstić information content (AvgIpc) is 2.49. The van der Waals surface area contributed by atoms with Crippen LogP contribution < -0.4 is 5.32 Å². The van der Waals surface area contributed by atoms with E-state index in [0.717, 1.165) is 27.7 Å². The van der Waals surface area contributed by atoms with E-state index in [-0.39, 0.29) is 12.6 Å². The molecule has 0 heterocycles. The predicted molar refractivity (Wildman–Crippen MR) is 89.7 cm³/mol. The lowest BCUT2D eigenvalue weighted by atomic mass is 10.0. The lowest BCUT2D eigenvalue weighted by molar-refractivity contribution is 0.299. The Morgan fingerprint density at radius 3 is 2.48 bits per heavy atom. The van der Waals surface area contributed by atoms with Gasteiger partial charge in [-0.15, -0.1) is 0 Å². The maximum absolute atomic E-state index is 10.0. The van der Waals surface area contributed by atoms with Crippen LogP contribution in [0.15, 0.2) is 46.9 Å². The van der Waals surface area contributed by atoms with E-state index in [1.165, 1.54) is 0 Å². The van der Waals surface area contributed by atoms with Gasteiger partial charge in [0.05, 0.1) is 6.04 Å². The quantitative estimate of drug-likeness (QED) is 0.730. The molecule has 3 nitrogen and oxygen atoms in total. The van der Waals surface area contributed by atoms with Crippen molar-refractivity contribution in [2.45, 2.75) is 25.8 Å². The van der Waals surface area contributed by atoms with Crippen molar-refractivity contribution in [3.05, 3.63) is 58.1 Å². The van der Waals surface area contributed by atoms with Gasteiger partial charge in [-0.25, -0.2) is 0 Å². The topological polar surface area (TPSA) is 52.5 Å². The Hall–Kier alpha value is -1.52. The second-order valence-electron chi connectivity index (χ2n) is 4.98. The minimum Gasteiger partial charge on any atom is -0.508 e. The van der Waals surface area contributed by atoms with Crippen molar-refractivity contribution in [1.82, 2.24) is 0 Å². The maximum atomic E-state index is 10.0. The van der Waals surface area contributed by atoms with Crippen molar-refractivity contribution >= 4 is 21.6 Å². The van der Waals surface area contributed by atoms with Gasteiger partial charge in [0.2, 0.25) is 0 Å². The first-order valence-corrected chi connectivity index (χ1v) is 7.88. The predicted octanol–water partition coefficient (Wildman–Crippen LogP) is 4.25. The number of nitrogens with one attached hydrogen (secondary N) is 1. The van der Waals surface area contributed by atoms with Crippen LogP contribution >= 0.6 is 15.9 Å². The highest BCUT2D eigenvalue weighted by Gasteiger charge is 2.14. The molecule has 1 atom stereocenters. The number of phenolic OH excluding ortho intramolecular Hbond substituents is 1. The van der Waals surface area contributed by atoms with Crippen molar-refractivity contribution in [3.63, 3.8) is 0 Å². The number of aliphatic hydroxyl groups excluding tert-OH is 1. The van der Waals surface area contributed by atoms with Gasteiger partial charge in [-0.1, -0.05) is 35.0 Å². The monoisotopic (exact) mass is 349 g/mol. The fourth-order valence-corrected chi connectivity index (χ4v) is 2.68. The number of rotatable bonds is 6. The summed E-state index contributed by atoms with van der Waals surface area (Å²) in [5.74, 6) is 0.300. The summed E-state index contributed by atoms with van der Waals surface area (Å²) in [6.07, 6.45) is 1.53. The average molecular weight is 350 g/mol. The summed E-state index contributed by atoms with van der Waals surface area (Å²) in [7, 11) is 0. The normalized spacial score (nSPS) is 12.1. The largest absolute Gasteiger partial charge is 0.508 e. The standard InChI is InChI=1S/C17H20BrNO2/c1-2-16(15-11-13(18)5-8-17(15)21)19-14-6-3-12(4-7-14)9-10-20/h3-8,11,16,19-21H,2,9-10H2,1H3. The third-order valence-electron chi connectivity index (χ3n) is 3.47. The Morgan fingerprint density at radius 1 is 1.14 bits per heavy atom. The van der Waals surface area contributed by atoms with Crippen molar-refractivity contribution in [3.8, 4) is 5.75 Å². The van der Waals surface area contributed by atoms with Crippen LogP contribution in [0.1, 0.15) is 30.5 Å². The first-order valence-electron chi connectivity index (χ1n) is 7.08. The van der Waals surface area contributed by atoms with E-state index in [4.69, 9.17) is 5.11 Å². The third-order valence-corrected chi connectivity index (χ3v) is 3.96. The van der Waals surface area contributed by atoms with E-state index in [1.807, 2.05) is 36.4 Å². The summed E-state index contributed by atoms with van der Waals surface area (Å²) in [4.78, 5) is 0. The third kappa shape index (κ3) is 4.22. The van der Waals surface area contributed by atoms with Crippen molar-refractivity contribution < 1.29 is 10.2 Å². The van der Waals surface area contributed by atoms with Gasteiger partial charge >= 0.3 is 0 Å². The molecule has 0 fully saturated rings. The van der Waals surface area contributed by atoms with Crippen LogP contribution in [-0.2, 0) is 6.42 Å². The Morgan fingerprint density at radius 2 is 1.86 bits per heavy atom. The first-order chi connectivity index (χ1) is 10.1. The van der Waals surface area contributed by atoms with Crippen LogP contribution in [-0.4, -0.2) is 16.8 Å². The van der Waals surface area contributed by atoms with Gasteiger partial charge in [0.15, 0.2) is 0 Å². The molecule has 21 heavy (non-hydrogen) atoms. The maximum Gasteiger partial charge on any atom is 0.120 e. The molecule has 0 aliphatic rings. The number of hydrogen-bond donors (Lipinski definition) is 3. The molecule has 4 heteroatoms. The van der Waals surface area contributed by atoms with Crippen molar-refractivity contribution in [2.24, 2.45) is 0 Å². The molecule has 2 rings (SSSR count). The summed E-state index contributed by atoms with van der Waals surface area (Å²) >= 11 is 3.44. The molecule has 2 aromatic rings. The Balaban J connectivity index is 2.16. The Kier molecular flexibility index (Phi) is 5.65. The summed E-state index contributed by atoms with van der Waals surface area (Å²) in [6.45, 7) is 2.24. The van der Waals surface area contributed by atoms with E-state index >= 15 is 0 Å². The molecular formula is C17H20BrNO2. The molecule has 0 aromatic heterocycles. The molecule has 0 amide bonds. The summed E-state index contributed by atoms with van der Waals surface area (Å²) in [5, 5.41) is 22.4. The van der Waals surface area contributed by atoms with Crippen LogP contribution in [0.5, 0.6) is 5.75 Å². The van der Waals surface area contributed by atoms with Crippen molar-refractivity contribution in [2.75, 3.05) is 11.9 Å². The number of hydrogen-bond acceptors (Lipinski definition) is 3. The second-order valence-corrected chi connectivity index (χ2v) is 5.89. The highest BCUT2D eigenvalue weighted by atomic mass is 79.9. The Bertz CT molecular complexity index is 584. The van der Waals surface area contributed by atoms with Crippen LogP contribution in [0.2, 0.25) is 0 Å². The molecular weight excluding hydrogens is 330 g/mol. The zero-order chi connectivity index (χ0) is 15.2. The molecule has 112 valence electrons. The summed E-state index contributed by atoms with van der Waals surface area (Å²) < 4.78 is 0.953. The molecule has 0 aliphatic heterocycles. The van der Waals surface area contributed by atoms with E-state index in [9.17, 15) is 5.11 Å². The number of benzene rings is 2. The highest BCUT2D eigenvalue weighted by Crippen LogP contribution is 2.31. The van der Waals surface area contributed by atoms with Gasteiger partial charge in [0.25, 0.3) is 0 Å². The molecule has 0 spiro atoms. The zero-order valence-corrected chi connectivity index (χ0v) is 13.6. The molecule has 0 saturated carbocycles. The fourth-order valence-electron chi connectivity index (χ4n) is 2.30. The molecule has 0 radical (unpaired) electrons. The Labute approximate surface area is 133 Å². The summed E-state index contributed by atoms with van der Waals surface area (Å²) in [6, 6.07) is 13.5. The molecule has 2 aromatic carbocycles. The zero-order valence-electron chi connectivity index (χ0n) is 12.0. The smallest absolute Gasteiger partial charge is 0.120 e. The lowest BCUT2D eigenvalue weighted by Gasteiger charge is -2.20. The number of halogens is 1. The SMILES string of the molecule is CCC(Nc1ccc(CCO)cc1)c1cc(Br)ccc1O. The van der Waals surface area contributed by atoms with Crippen LogP contribution in [0.4, 0.5) is 5.69 Å². The number of aromatic hydroxyl groups is 1. The van der Waals surface area contributed by atoms with Gasteiger partial charge < -0.3 is 15.5 Å². The fraction of sp³-hybridized carbons (Fsp3) is 0.294. The second kappa shape index (κ2) is 7.48. The van der Waals surface area contributed by atoms with E-state index in [2.05, 4.69) is 28.2 Å². The minimum atomic E-state index is 0.0474. The van der Waals surface area contributed by atoms with Gasteiger partial charge in [0.1, 0.15) is 5.75 Å². The minimum absolute atomic E-state index is 0.0474. The molecule has 0 saturated heterocycles. The summed E-state index contributed by atoms with van der Waals surface area (Å²) in [5.41, 5.74) is 3.00. The molecule has 3 N–H and O–H groups in total. The van der Waals surface area contributed by atoms with Gasteiger partial charge in [0, 0.05) is 22.3 Å². The van der Waals surface area contributed by atoms with Gasteiger partial charge in [-0.3, -0.25) is 0 Å². The van der Waals surface area contributed by atoms with E-state index < -0.39 is 0 Å². The van der Waals surface area contributed by atoms with E-state index in [0.29, 0.717) is 12.2 Å². The first kappa shape index (κ1) is 15.9. The molecule has 0 bridgehead atoms. The molecule has 0 aliphatic carbocycles. The van der Waals surface area contributed by atoms with Gasteiger partial charge in [-0.2, -0.15) is 0 Å². The van der Waals surface area contributed by atoms with Crippen LogP contribution in [0, 0.1) is 0 Å². The number of phenols is 1. The van der Waals surface area contributed by atoms with Gasteiger partial charge in [-0.05, 0) is 48.7 Å².